The van der Waals surface area contributed by atoms with Gasteiger partial charge in [-0.05, 0) is 40.2 Å². The minimum absolute atomic E-state index is 0.259. The molecule has 88 valence electrons. The molecular formula is C10H9BrN4OS. The monoisotopic (exact) mass is 312 g/mol. The summed E-state index contributed by atoms with van der Waals surface area (Å²) in [4.78, 5) is 12.7. The van der Waals surface area contributed by atoms with Crippen molar-refractivity contribution in [3.05, 3.63) is 38.6 Å². The first-order valence-electron chi connectivity index (χ1n) is 4.77. The number of anilines is 1. The Balaban J connectivity index is 1.95. The number of hydrogen-bond acceptors (Lipinski definition) is 5. The molecule has 0 saturated carbocycles. The second kappa shape index (κ2) is 5.24. The van der Waals surface area contributed by atoms with E-state index in [0.29, 0.717) is 12.4 Å². The Morgan fingerprint density at radius 3 is 2.76 bits per heavy atom. The largest absolute Gasteiger partial charge is 0.382 e. The minimum atomic E-state index is -0.262. The molecule has 0 spiro atoms. The number of nitrogens with two attached hydrogens (primary N) is 1. The lowest BCUT2D eigenvalue weighted by Crippen LogP contribution is -2.23. The fourth-order valence-electron chi connectivity index (χ4n) is 1.17. The van der Waals surface area contributed by atoms with Gasteiger partial charge in [0.05, 0.1) is 10.3 Å². The smallest absolute Gasteiger partial charge is 0.272 e. The molecule has 17 heavy (non-hydrogen) atoms. The van der Waals surface area contributed by atoms with Gasteiger partial charge in [-0.1, -0.05) is 0 Å². The second-order valence-electron chi connectivity index (χ2n) is 3.23. The van der Waals surface area contributed by atoms with Crippen LogP contribution >= 0.6 is 27.3 Å². The lowest BCUT2D eigenvalue weighted by molar-refractivity contribution is 0.0945. The number of nitrogens with one attached hydrogen (secondary N) is 1. The molecule has 7 heteroatoms. The van der Waals surface area contributed by atoms with E-state index in [-0.39, 0.29) is 11.6 Å². The van der Waals surface area contributed by atoms with Crippen molar-refractivity contribution in [3.63, 3.8) is 0 Å². The first-order chi connectivity index (χ1) is 8.15. The predicted octanol–water partition coefficient (Wildman–Crippen LogP) is 1.81. The highest BCUT2D eigenvalue weighted by molar-refractivity contribution is 9.11. The zero-order valence-corrected chi connectivity index (χ0v) is 11.1. The van der Waals surface area contributed by atoms with Crippen LogP contribution in [0.25, 0.3) is 0 Å². The lowest BCUT2D eigenvalue weighted by Gasteiger charge is -2.02. The molecule has 3 N–H and O–H groups in total. The van der Waals surface area contributed by atoms with Gasteiger partial charge in [0, 0.05) is 4.88 Å². The zero-order chi connectivity index (χ0) is 12.3. The zero-order valence-electron chi connectivity index (χ0n) is 8.68. The van der Waals surface area contributed by atoms with Gasteiger partial charge in [-0.25, -0.2) is 0 Å². The first kappa shape index (κ1) is 12.0. The molecule has 0 saturated heterocycles. The molecule has 0 radical (unpaired) electrons. The number of rotatable bonds is 3. The van der Waals surface area contributed by atoms with Gasteiger partial charge in [0.25, 0.3) is 5.91 Å². The second-order valence-corrected chi connectivity index (χ2v) is 5.78. The van der Waals surface area contributed by atoms with Crippen molar-refractivity contribution in [1.82, 2.24) is 15.5 Å². The number of carbonyl (C=O) groups is 1. The highest BCUT2D eigenvalue weighted by Crippen LogP contribution is 2.21. The predicted molar refractivity (Wildman–Crippen MR) is 69.6 cm³/mol. The average Bonchev–Trinajstić information content (AvgIpc) is 2.73. The van der Waals surface area contributed by atoms with Crippen molar-refractivity contribution in [2.45, 2.75) is 6.54 Å². The number of carbonyl (C=O) groups excluding carboxylic acids is 1. The lowest BCUT2D eigenvalue weighted by atomic mass is 10.3. The van der Waals surface area contributed by atoms with Gasteiger partial charge >= 0.3 is 0 Å². The Morgan fingerprint density at radius 2 is 2.18 bits per heavy atom. The van der Waals surface area contributed by atoms with E-state index in [9.17, 15) is 4.79 Å². The maximum Gasteiger partial charge on any atom is 0.272 e. The molecule has 5 nitrogen and oxygen atoms in total. The molecular weight excluding hydrogens is 304 g/mol. The quantitative estimate of drug-likeness (QED) is 0.905. The van der Waals surface area contributed by atoms with Gasteiger partial charge in [-0.15, -0.1) is 21.5 Å². The molecule has 0 unspecified atom stereocenters. The maximum absolute atomic E-state index is 11.7. The fraction of sp³-hybridized carbons (Fsp3) is 0.100. The summed E-state index contributed by atoms with van der Waals surface area (Å²) >= 11 is 4.93. The number of nitrogen functional groups attached to an aromatic ring is 1. The molecule has 2 rings (SSSR count). The van der Waals surface area contributed by atoms with Crippen LogP contribution in [0, 0.1) is 0 Å². The number of thiophene rings is 1. The van der Waals surface area contributed by atoms with Crippen LogP contribution in [-0.4, -0.2) is 16.1 Å². The molecule has 0 aliphatic heterocycles. The van der Waals surface area contributed by atoms with E-state index >= 15 is 0 Å². The van der Waals surface area contributed by atoms with E-state index in [1.807, 2.05) is 12.1 Å². The van der Waals surface area contributed by atoms with Gasteiger partial charge in [0.15, 0.2) is 5.69 Å². The molecule has 0 aliphatic rings. The van der Waals surface area contributed by atoms with Crippen molar-refractivity contribution in [3.8, 4) is 0 Å². The van der Waals surface area contributed by atoms with E-state index in [1.54, 1.807) is 23.5 Å². The third-order valence-electron chi connectivity index (χ3n) is 1.97. The SMILES string of the molecule is Nc1ccc(C(=O)NCc2ccc(Br)s2)nn1. The first-order valence-corrected chi connectivity index (χ1v) is 6.38. The fourth-order valence-corrected chi connectivity index (χ4v) is 2.59. The van der Waals surface area contributed by atoms with Crippen LogP contribution in [0.3, 0.4) is 0 Å². The van der Waals surface area contributed by atoms with Gasteiger partial charge in [-0.3, -0.25) is 4.79 Å². The van der Waals surface area contributed by atoms with Crippen molar-refractivity contribution >= 4 is 39.0 Å². The van der Waals surface area contributed by atoms with Crippen LogP contribution in [0.15, 0.2) is 28.1 Å². The Kier molecular flexibility index (Phi) is 3.70. The van der Waals surface area contributed by atoms with Gasteiger partial charge in [0.1, 0.15) is 5.82 Å². The van der Waals surface area contributed by atoms with Crippen LogP contribution in [0.2, 0.25) is 0 Å². The van der Waals surface area contributed by atoms with E-state index in [1.165, 1.54) is 0 Å². The van der Waals surface area contributed by atoms with Crippen molar-refractivity contribution in [2.75, 3.05) is 5.73 Å². The molecule has 2 heterocycles. The van der Waals surface area contributed by atoms with Crippen LogP contribution in [-0.2, 0) is 6.54 Å². The van der Waals surface area contributed by atoms with Crippen molar-refractivity contribution < 1.29 is 4.79 Å². The summed E-state index contributed by atoms with van der Waals surface area (Å²) in [5.74, 6) is 0.0331. The van der Waals surface area contributed by atoms with E-state index in [0.717, 1.165) is 8.66 Å². The standard InChI is InChI=1S/C10H9BrN4OS/c11-8-3-1-6(17-8)5-13-10(16)7-2-4-9(12)15-14-7/h1-4H,5H2,(H2,12,15)(H,13,16). The van der Waals surface area contributed by atoms with E-state index in [4.69, 9.17) is 5.73 Å². The molecule has 2 aromatic heterocycles. The summed E-state index contributed by atoms with van der Waals surface area (Å²) < 4.78 is 1.04. The number of amides is 1. The van der Waals surface area contributed by atoms with Gasteiger partial charge < -0.3 is 11.1 Å². The molecule has 0 aromatic carbocycles. The molecule has 0 fully saturated rings. The summed E-state index contributed by atoms with van der Waals surface area (Å²) in [5.41, 5.74) is 5.64. The van der Waals surface area contributed by atoms with Crippen molar-refractivity contribution in [1.29, 1.82) is 0 Å². The summed E-state index contributed by atoms with van der Waals surface area (Å²) in [6, 6.07) is 6.98. The Hall–Kier alpha value is -1.47. The van der Waals surface area contributed by atoms with Gasteiger partial charge in [-0.2, -0.15) is 0 Å². The van der Waals surface area contributed by atoms with Crippen molar-refractivity contribution in [2.24, 2.45) is 0 Å². The number of nitrogens with zero attached hydrogens (tertiary/aromatic N) is 2. The van der Waals surface area contributed by atoms with E-state index in [2.05, 4.69) is 31.4 Å². The maximum atomic E-state index is 11.7. The van der Waals surface area contributed by atoms with Gasteiger partial charge in [0.2, 0.25) is 0 Å². The number of halogens is 1. The molecule has 0 aliphatic carbocycles. The van der Waals surface area contributed by atoms with Crippen LogP contribution in [0.5, 0.6) is 0 Å². The molecule has 2 aromatic rings. The number of aromatic nitrogens is 2. The Bertz CT molecular complexity index is 525. The average molecular weight is 313 g/mol. The summed E-state index contributed by atoms with van der Waals surface area (Å²) in [6.45, 7) is 0.473. The van der Waals surface area contributed by atoms with Crippen LogP contribution < -0.4 is 11.1 Å². The Morgan fingerprint density at radius 1 is 1.35 bits per heavy atom. The summed E-state index contributed by atoms with van der Waals surface area (Å²) in [6.07, 6.45) is 0. The summed E-state index contributed by atoms with van der Waals surface area (Å²) in [5, 5.41) is 10.1. The minimum Gasteiger partial charge on any atom is -0.382 e. The van der Waals surface area contributed by atoms with Crippen LogP contribution in [0.1, 0.15) is 15.4 Å². The third-order valence-corrected chi connectivity index (χ3v) is 3.59. The molecule has 0 atom stereocenters. The summed E-state index contributed by atoms with van der Waals surface area (Å²) in [7, 11) is 0. The topological polar surface area (TPSA) is 80.9 Å². The highest BCUT2D eigenvalue weighted by atomic mass is 79.9. The third kappa shape index (κ3) is 3.24. The molecule has 1 amide bonds. The van der Waals surface area contributed by atoms with E-state index < -0.39 is 0 Å². The Labute approximate surface area is 110 Å². The normalized spacial score (nSPS) is 10.2. The van der Waals surface area contributed by atoms with Crippen LogP contribution in [0.4, 0.5) is 5.82 Å². The number of hydrogen-bond donors (Lipinski definition) is 2. The highest BCUT2D eigenvalue weighted by Gasteiger charge is 2.07. The molecule has 0 bridgehead atoms.